The third-order valence-corrected chi connectivity index (χ3v) is 3.76. The summed E-state index contributed by atoms with van der Waals surface area (Å²) in [6.45, 7) is 3.56. The summed E-state index contributed by atoms with van der Waals surface area (Å²) in [5.74, 6) is -0.250. The molecule has 0 fully saturated rings. The van der Waals surface area contributed by atoms with Crippen LogP contribution in [-0.4, -0.2) is 20.6 Å². The maximum Gasteiger partial charge on any atom is 0.303 e. The van der Waals surface area contributed by atoms with Crippen LogP contribution in [0, 0.1) is 0 Å². The first-order chi connectivity index (χ1) is 6.49. The monoisotopic (exact) mass is 392 g/mol. The molecular formula is C9H15Br3O2. The van der Waals surface area contributed by atoms with Crippen LogP contribution >= 0.6 is 47.8 Å². The molecule has 0 saturated heterocycles. The fraction of sp³-hybridized carbons (Fsp3) is 0.889. The van der Waals surface area contributed by atoms with Crippen LogP contribution in [0.25, 0.3) is 0 Å². The number of hydrogen-bond donors (Lipinski definition) is 0. The van der Waals surface area contributed by atoms with Gasteiger partial charge in [0.1, 0.15) is 9.84 Å². The number of carbonyl (C=O) groups is 1. The predicted molar refractivity (Wildman–Crippen MR) is 69.4 cm³/mol. The van der Waals surface area contributed by atoms with Gasteiger partial charge in [0, 0.05) is 6.92 Å². The van der Waals surface area contributed by atoms with Gasteiger partial charge in [-0.3, -0.25) is 4.79 Å². The van der Waals surface area contributed by atoms with Crippen molar-refractivity contribution in [2.75, 3.05) is 0 Å². The molecule has 84 valence electrons. The molecule has 2 unspecified atom stereocenters. The average Bonchev–Trinajstić information content (AvgIpc) is 2.09. The zero-order chi connectivity index (χ0) is 11.1. The normalized spacial score (nSPS) is 15.3. The van der Waals surface area contributed by atoms with Crippen LogP contribution < -0.4 is 0 Å². The van der Waals surface area contributed by atoms with E-state index in [4.69, 9.17) is 4.74 Å². The smallest absolute Gasteiger partial charge is 0.303 e. The first kappa shape index (κ1) is 14.9. The molecule has 0 aliphatic rings. The van der Waals surface area contributed by atoms with Crippen molar-refractivity contribution >= 4 is 53.8 Å². The third-order valence-electron chi connectivity index (χ3n) is 1.74. The van der Waals surface area contributed by atoms with E-state index in [0.29, 0.717) is 0 Å². The molecule has 14 heavy (non-hydrogen) atoms. The Bertz CT molecular complexity index is 173. The molecule has 2 nitrogen and oxygen atoms in total. The fourth-order valence-electron chi connectivity index (χ4n) is 1.04. The number of unbranched alkanes of at least 4 members (excludes halogenated alkanes) is 1. The first-order valence-corrected chi connectivity index (χ1v) is 7.33. The van der Waals surface area contributed by atoms with Crippen LogP contribution in [0.15, 0.2) is 0 Å². The van der Waals surface area contributed by atoms with Crippen molar-refractivity contribution in [3.05, 3.63) is 0 Å². The number of esters is 1. The summed E-state index contributed by atoms with van der Waals surface area (Å²) in [5.41, 5.74) is 0. The van der Waals surface area contributed by atoms with E-state index in [1.807, 2.05) is 0 Å². The van der Waals surface area contributed by atoms with Gasteiger partial charge in [-0.05, 0) is 6.42 Å². The molecule has 0 amide bonds. The molecule has 0 aliphatic carbocycles. The number of ether oxygens (including phenoxy) is 1. The minimum absolute atomic E-state index is 0.0138. The van der Waals surface area contributed by atoms with E-state index >= 15 is 0 Å². The lowest BCUT2D eigenvalue weighted by molar-refractivity contribution is -0.145. The number of carbonyl (C=O) groups excluding carboxylic acids is 1. The SMILES string of the molecule is CCCCC(Br)C(OC(C)=O)C(Br)Br. The van der Waals surface area contributed by atoms with Gasteiger partial charge in [0.2, 0.25) is 0 Å². The van der Waals surface area contributed by atoms with Crippen LogP contribution in [0.5, 0.6) is 0 Å². The second kappa shape index (κ2) is 8.11. The zero-order valence-electron chi connectivity index (χ0n) is 8.30. The standard InChI is InChI=1S/C9H15Br3O2/c1-3-4-5-7(10)8(9(11)12)14-6(2)13/h7-9H,3-5H2,1-2H3. The van der Waals surface area contributed by atoms with Crippen molar-refractivity contribution in [2.24, 2.45) is 0 Å². The molecule has 0 aromatic rings. The highest BCUT2D eigenvalue weighted by molar-refractivity contribution is 9.24. The van der Waals surface area contributed by atoms with E-state index in [0.717, 1.165) is 19.3 Å². The molecular weight excluding hydrogens is 380 g/mol. The molecule has 0 aromatic heterocycles. The van der Waals surface area contributed by atoms with E-state index in [-0.39, 0.29) is 20.6 Å². The highest BCUT2D eigenvalue weighted by Crippen LogP contribution is 2.26. The minimum atomic E-state index is -0.250. The molecule has 0 bridgehead atoms. The lowest BCUT2D eigenvalue weighted by atomic mass is 10.1. The van der Waals surface area contributed by atoms with Gasteiger partial charge < -0.3 is 4.74 Å². The highest BCUT2D eigenvalue weighted by Gasteiger charge is 2.26. The van der Waals surface area contributed by atoms with Gasteiger partial charge >= 0.3 is 5.97 Å². The van der Waals surface area contributed by atoms with Gasteiger partial charge in [-0.15, -0.1) is 0 Å². The van der Waals surface area contributed by atoms with E-state index in [1.54, 1.807) is 0 Å². The van der Waals surface area contributed by atoms with Crippen LogP contribution in [0.4, 0.5) is 0 Å². The average molecular weight is 395 g/mol. The lowest BCUT2D eigenvalue weighted by Crippen LogP contribution is -2.31. The van der Waals surface area contributed by atoms with E-state index in [1.165, 1.54) is 6.92 Å². The topological polar surface area (TPSA) is 26.3 Å². The summed E-state index contributed by atoms with van der Waals surface area (Å²) in [6, 6.07) is 0. The van der Waals surface area contributed by atoms with E-state index < -0.39 is 0 Å². The van der Waals surface area contributed by atoms with Gasteiger partial charge in [-0.1, -0.05) is 67.6 Å². The minimum Gasteiger partial charge on any atom is -0.459 e. The van der Waals surface area contributed by atoms with Crippen LogP contribution in [0.2, 0.25) is 0 Å². The number of hydrogen-bond acceptors (Lipinski definition) is 2. The Balaban J connectivity index is 4.11. The van der Waals surface area contributed by atoms with Crippen LogP contribution in [-0.2, 0) is 9.53 Å². The van der Waals surface area contributed by atoms with Crippen LogP contribution in [0.3, 0.4) is 0 Å². The Morgan fingerprint density at radius 1 is 1.36 bits per heavy atom. The first-order valence-electron chi connectivity index (χ1n) is 4.58. The van der Waals surface area contributed by atoms with E-state index in [2.05, 4.69) is 54.7 Å². The third kappa shape index (κ3) is 6.40. The molecule has 0 saturated carbocycles. The summed E-state index contributed by atoms with van der Waals surface area (Å²) in [7, 11) is 0. The summed E-state index contributed by atoms with van der Waals surface area (Å²) in [5, 5.41) is 0. The summed E-state index contributed by atoms with van der Waals surface area (Å²) in [4.78, 5) is 11.0. The van der Waals surface area contributed by atoms with Crippen molar-refractivity contribution in [1.82, 2.24) is 0 Å². The highest BCUT2D eigenvalue weighted by atomic mass is 79.9. The Morgan fingerprint density at radius 3 is 2.29 bits per heavy atom. The number of rotatable bonds is 6. The van der Waals surface area contributed by atoms with Gasteiger partial charge in [-0.25, -0.2) is 0 Å². The predicted octanol–water partition coefficient (Wildman–Crippen LogP) is 3.99. The molecule has 2 atom stereocenters. The maximum atomic E-state index is 10.9. The van der Waals surface area contributed by atoms with Crippen molar-refractivity contribution in [2.45, 2.75) is 47.8 Å². The van der Waals surface area contributed by atoms with Crippen molar-refractivity contribution in [3.8, 4) is 0 Å². The lowest BCUT2D eigenvalue weighted by Gasteiger charge is -2.23. The van der Waals surface area contributed by atoms with E-state index in [9.17, 15) is 4.79 Å². The number of halogens is 3. The largest absolute Gasteiger partial charge is 0.459 e. The number of alkyl halides is 3. The maximum absolute atomic E-state index is 10.9. The Kier molecular flexibility index (Phi) is 8.63. The molecule has 0 heterocycles. The molecule has 0 aliphatic heterocycles. The summed E-state index contributed by atoms with van der Waals surface area (Å²) < 4.78 is 5.18. The molecule has 0 aromatic carbocycles. The molecule has 0 N–H and O–H groups in total. The van der Waals surface area contributed by atoms with Crippen molar-refractivity contribution in [1.29, 1.82) is 0 Å². The van der Waals surface area contributed by atoms with Crippen molar-refractivity contribution < 1.29 is 9.53 Å². The Hall–Kier alpha value is 0.910. The molecule has 5 heteroatoms. The summed E-state index contributed by atoms with van der Waals surface area (Å²) >= 11 is 10.3. The second-order valence-electron chi connectivity index (χ2n) is 3.07. The molecule has 0 spiro atoms. The summed E-state index contributed by atoms with van der Waals surface area (Å²) in [6.07, 6.45) is 3.10. The van der Waals surface area contributed by atoms with Crippen molar-refractivity contribution in [3.63, 3.8) is 0 Å². The van der Waals surface area contributed by atoms with Gasteiger partial charge in [0.25, 0.3) is 0 Å². The van der Waals surface area contributed by atoms with Gasteiger partial charge in [0.15, 0.2) is 0 Å². The van der Waals surface area contributed by atoms with Crippen LogP contribution in [0.1, 0.15) is 33.1 Å². The van der Waals surface area contributed by atoms with Gasteiger partial charge in [-0.2, -0.15) is 0 Å². The van der Waals surface area contributed by atoms with Gasteiger partial charge in [0.05, 0.1) is 4.83 Å². The Labute approximate surface area is 111 Å². The second-order valence-corrected chi connectivity index (χ2v) is 7.44. The zero-order valence-corrected chi connectivity index (χ0v) is 13.1. The Morgan fingerprint density at radius 2 is 1.93 bits per heavy atom. The molecule has 0 rings (SSSR count). The quantitative estimate of drug-likeness (QED) is 0.503. The fourth-order valence-corrected chi connectivity index (χ4v) is 3.55. The molecule has 0 radical (unpaired) electrons.